The van der Waals surface area contributed by atoms with Crippen molar-refractivity contribution in [2.75, 3.05) is 4.90 Å². The average Bonchev–Trinajstić information content (AvgIpc) is 3.77. The van der Waals surface area contributed by atoms with Gasteiger partial charge in [-0.25, -0.2) is 9.97 Å². The maximum Gasteiger partial charge on any atom is 0.160 e. The summed E-state index contributed by atoms with van der Waals surface area (Å²) in [7, 11) is 0. The first-order valence-electron chi connectivity index (χ1n) is 23.6. The van der Waals surface area contributed by atoms with Crippen LogP contribution in [-0.4, -0.2) is 14.5 Å². The number of para-hydroxylation sites is 3. The second-order valence-corrected chi connectivity index (χ2v) is 17.7. The van der Waals surface area contributed by atoms with Gasteiger partial charge in [0.2, 0.25) is 0 Å². The van der Waals surface area contributed by atoms with Crippen LogP contribution < -0.4 is 4.90 Å². The Balaban J connectivity index is 0.929. The molecule has 2 aromatic heterocycles. The van der Waals surface area contributed by atoms with Crippen molar-refractivity contribution in [3.63, 3.8) is 0 Å². The number of hydrogen-bond donors (Lipinski definition) is 0. The summed E-state index contributed by atoms with van der Waals surface area (Å²) in [5, 5.41) is 2.39. The van der Waals surface area contributed by atoms with Gasteiger partial charge in [0.15, 0.2) is 5.82 Å². The average molecular weight is 881 g/mol. The third-order valence-electron chi connectivity index (χ3n) is 13.8. The zero-order chi connectivity index (χ0) is 45.7. The SMILES string of the molecule is c1ccc(-c2cc(-c3ccccc3)nc(-c3cccc(-c4ccc5c(c4)c4ccccc4n5-c4cccc(N5c6ccccc6C(c6ccccc6)(c6ccccc6)c6ccccc65)c4)c3)n2)cc1. The van der Waals surface area contributed by atoms with E-state index in [0.717, 1.165) is 73.0 Å². The molecule has 0 fully saturated rings. The van der Waals surface area contributed by atoms with Crippen LogP contribution in [0.4, 0.5) is 17.1 Å². The van der Waals surface area contributed by atoms with Gasteiger partial charge >= 0.3 is 0 Å². The van der Waals surface area contributed by atoms with Crippen molar-refractivity contribution in [3.8, 4) is 50.7 Å². The Morgan fingerprint density at radius 1 is 0.304 bits per heavy atom. The number of rotatable bonds is 8. The predicted octanol–water partition coefficient (Wildman–Crippen LogP) is 16.4. The monoisotopic (exact) mass is 880 g/mol. The molecule has 4 nitrogen and oxygen atoms in total. The van der Waals surface area contributed by atoms with Crippen molar-refractivity contribution >= 4 is 38.9 Å². The van der Waals surface area contributed by atoms with Crippen molar-refractivity contribution in [2.45, 2.75) is 5.41 Å². The number of anilines is 3. The highest BCUT2D eigenvalue weighted by Crippen LogP contribution is 2.57. The zero-order valence-electron chi connectivity index (χ0n) is 37.7. The van der Waals surface area contributed by atoms with E-state index in [1.54, 1.807) is 0 Å². The summed E-state index contributed by atoms with van der Waals surface area (Å²) in [6.45, 7) is 0. The molecule has 13 rings (SSSR count). The smallest absolute Gasteiger partial charge is 0.160 e. The summed E-state index contributed by atoms with van der Waals surface area (Å²) in [4.78, 5) is 12.7. The molecule has 1 aliphatic rings. The number of nitrogens with zero attached hydrogens (tertiary/aromatic N) is 4. The molecule has 12 aromatic rings. The van der Waals surface area contributed by atoms with Gasteiger partial charge in [0.1, 0.15) is 0 Å². The zero-order valence-corrected chi connectivity index (χ0v) is 37.7. The van der Waals surface area contributed by atoms with E-state index in [1.807, 2.05) is 12.1 Å². The van der Waals surface area contributed by atoms with Crippen LogP contribution in [0.25, 0.3) is 72.5 Å². The van der Waals surface area contributed by atoms with E-state index in [-0.39, 0.29) is 0 Å². The lowest BCUT2D eigenvalue weighted by molar-refractivity contribution is 0.731. The highest BCUT2D eigenvalue weighted by Gasteiger charge is 2.46. The quantitative estimate of drug-likeness (QED) is 0.152. The summed E-state index contributed by atoms with van der Waals surface area (Å²) in [6, 6.07) is 96.0. The Morgan fingerprint density at radius 3 is 1.42 bits per heavy atom. The summed E-state index contributed by atoms with van der Waals surface area (Å²) in [5.41, 5.74) is 18.3. The molecule has 0 aliphatic carbocycles. The van der Waals surface area contributed by atoms with Crippen LogP contribution in [-0.2, 0) is 5.41 Å². The Morgan fingerprint density at radius 2 is 0.783 bits per heavy atom. The van der Waals surface area contributed by atoms with E-state index < -0.39 is 5.41 Å². The van der Waals surface area contributed by atoms with Crippen LogP contribution in [0.2, 0.25) is 0 Å². The highest BCUT2D eigenvalue weighted by molar-refractivity contribution is 6.10. The summed E-state index contributed by atoms with van der Waals surface area (Å²) in [5.74, 6) is 0.694. The fourth-order valence-electron chi connectivity index (χ4n) is 10.8. The predicted molar refractivity (Wildman–Crippen MR) is 285 cm³/mol. The fraction of sp³-hybridized carbons (Fsp3) is 0.0154. The molecule has 10 aromatic carbocycles. The van der Waals surface area contributed by atoms with E-state index in [0.29, 0.717) is 5.82 Å². The molecule has 0 radical (unpaired) electrons. The first-order valence-corrected chi connectivity index (χ1v) is 23.6. The van der Waals surface area contributed by atoms with Crippen LogP contribution in [0.15, 0.2) is 267 Å². The molecule has 0 bridgehead atoms. The van der Waals surface area contributed by atoms with Gasteiger partial charge in [0, 0.05) is 38.8 Å². The van der Waals surface area contributed by atoms with Crippen molar-refractivity contribution < 1.29 is 0 Å². The lowest BCUT2D eigenvalue weighted by Crippen LogP contribution is -2.37. The molecule has 0 N–H and O–H groups in total. The van der Waals surface area contributed by atoms with Gasteiger partial charge in [-0.1, -0.05) is 206 Å². The molecule has 324 valence electrons. The largest absolute Gasteiger partial charge is 0.310 e. The minimum atomic E-state index is -0.530. The summed E-state index contributed by atoms with van der Waals surface area (Å²) in [6.07, 6.45) is 0. The van der Waals surface area contributed by atoms with Crippen LogP contribution in [0.1, 0.15) is 22.3 Å². The maximum atomic E-state index is 5.14. The second-order valence-electron chi connectivity index (χ2n) is 17.7. The topological polar surface area (TPSA) is 34.0 Å². The van der Waals surface area contributed by atoms with Gasteiger partial charge in [-0.05, 0) is 94.0 Å². The van der Waals surface area contributed by atoms with Crippen LogP contribution in [0.3, 0.4) is 0 Å². The molecule has 0 atom stereocenters. The highest BCUT2D eigenvalue weighted by atomic mass is 15.2. The molecular formula is C65H44N4. The minimum absolute atomic E-state index is 0.530. The van der Waals surface area contributed by atoms with Gasteiger partial charge in [0.05, 0.1) is 39.2 Å². The molecule has 0 unspecified atom stereocenters. The van der Waals surface area contributed by atoms with E-state index in [9.17, 15) is 0 Å². The molecule has 0 spiro atoms. The normalized spacial score (nSPS) is 12.7. The maximum absolute atomic E-state index is 5.14. The Kier molecular flexibility index (Phi) is 9.69. The number of hydrogen-bond acceptors (Lipinski definition) is 3. The van der Waals surface area contributed by atoms with Crippen molar-refractivity contribution in [2.24, 2.45) is 0 Å². The number of aromatic nitrogens is 3. The molecule has 69 heavy (non-hydrogen) atoms. The van der Waals surface area contributed by atoms with Crippen LogP contribution in [0, 0.1) is 0 Å². The number of benzene rings is 10. The lowest BCUT2D eigenvalue weighted by Gasteiger charge is -2.46. The molecule has 4 heteroatoms. The van der Waals surface area contributed by atoms with E-state index in [4.69, 9.17) is 9.97 Å². The van der Waals surface area contributed by atoms with Crippen molar-refractivity contribution in [3.05, 3.63) is 289 Å². The third-order valence-corrected chi connectivity index (χ3v) is 13.8. The van der Waals surface area contributed by atoms with Gasteiger partial charge in [-0.3, -0.25) is 0 Å². The van der Waals surface area contributed by atoms with Gasteiger partial charge in [-0.15, -0.1) is 0 Å². The first-order chi connectivity index (χ1) is 34.2. The lowest BCUT2D eigenvalue weighted by atomic mass is 9.62. The van der Waals surface area contributed by atoms with E-state index in [1.165, 1.54) is 33.0 Å². The first kappa shape index (κ1) is 40.2. The van der Waals surface area contributed by atoms with Crippen molar-refractivity contribution in [1.29, 1.82) is 0 Å². The summed E-state index contributed by atoms with van der Waals surface area (Å²) >= 11 is 0. The van der Waals surface area contributed by atoms with Crippen LogP contribution in [0.5, 0.6) is 0 Å². The fourth-order valence-corrected chi connectivity index (χ4v) is 10.8. The molecule has 1 aliphatic heterocycles. The van der Waals surface area contributed by atoms with Gasteiger partial charge in [0.25, 0.3) is 0 Å². The van der Waals surface area contributed by atoms with E-state index >= 15 is 0 Å². The minimum Gasteiger partial charge on any atom is -0.310 e. The van der Waals surface area contributed by atoms with Gasteiger partial charge < -0.3 is 9.47 Å². The molecule has 0 amide bonds. The molecule has 3 heterocycles. The molecule has 0 saturated heterocycles. The number of fused-ring (bicyclic) bond motifs is 5. The van der Waals surface area contributed by atoms with Crippen LogP contribution >= 0.6 is 0 Å². The molecule has 0 saturated carbocycles. The van der Waals surface area contributed by atoms with Crippen molar-refractivity contribution in [1.82, 2.24) is 14.5 Å². The Hall–Kier alpha value is -9.12. The molecular weight excluding hydrogens is 837 g/mol. The van der Waals surface area contributed by atoms with E-state index in [2.05, 4.69) is 264 Å². The second kappa shape index (κ2) is 16.6. The van der Waals surface area contributed by atoms with Gasteiger partial charge in [-0.2, -0.15) is 0 Å². The Labute approximate surface area is 401 Å². The standard InChI is InChI=1S/C65H44N4/c1-5-21-45(22-6-1)58-44-59(46-23-7-2-8-24-46)67-64(66-58)49-26-19-25-47(41-49)48-39-40-61-55(42-48)54-33-13-16-36-60(54)68(61)52-31-20-32-53(43-52)69-62-37-17-14-34-56(62)65(50-27-9-3-10-28-50,51-29-11-4-12-30-51)57-35-15-18-38-63(57)69/h1-44H. The third kappa shape index (κ3) is 6.68. The summed E-state index contributed by atoms with van der Waals surface area (Å²) < 4.78 is 2.42. The Bertz CT molecular complexity index is 3700.